The van der Waals surface area contributed by atoms with Crippen molar-refractivity contribution < 1.29 is 19.7 Å². The molecule has 1 fully saturated rings. The Morgan fingerprint density at radius 2 is 2.11 bits per heavy atom. The molecule has 0 spiro atoms. The van der Waals surface area contributed by atoms with E-state index in [1.807, 2.05) is 6.92 Å². The Labute approximate surface area is 111 Å². The Morgan fingerprint density at radius 1 is 1.47 bits per heavy atom. The Morgan fingerprint density at radius 3 is 2.68 bits per heavy atom. The van der Waals surface area contributed by atoms with E-state index in [0.717, 1.165) is 0 Å². The number of rotatable bonds is 2. The lowest BCUT2D eigenvalue weighted by Crippen LogP contribution is -2.51. The molecule has 1 saturated heterocycles. The van der Waals surface area contributed by atoms with E-state index in [1.165, 1.54) is 23.1 Å². The highest BCUT2D eigenvalue weighted by atomic mass is 16.5. The third kappa shape index (κ3) is 2.80. The molecule has 6 nitrogen and oxygen atoms in total. The minimum atomic E-state index is -0.412. The predicted octanol–water partition coefficient (Wildman–Crippen LogP) is 0.286. The van der Waals surface area contributed by atoms with Gasteiger partial charge in [0, 0.05) is 19.1 Å². The molecule has 1 heterocycles. The lowest BCUT2D eigenvalue weighted by molar-refractivity contribution is -0.0301. The summed E-state index contributed by atoms with van der Waals surface area (Å²) in [4.78, 5) is 13.9. The lowest BCUT2D eigenvalue weighted by Gasteiger charge is -2.34. The zero-order chi connectivity index (χ0) is 14.0. The van der Waals surface area contributed by atoms with E-state index in [0.29, 0.717) is 19.7 Å². The van der Waals surface area contributed by atoms with E-state index in [4.69, 9.17) is 10.5 Å². The number of phenols is 2. The van der Waals surface area contributed by atoms with Crippen LogP contribution in [0, 0.1) is 0 Å². The molecule has 2 atom stereocenters. The van der Waals surface area contributed by atoms with Crippen LogP contribution in [0.5, 0.6) is 11.5 Å². The van der Waals surface area contributed by atoms with Gasteiger partial charge in [-0.15, -0.1) is 0 Å². The van der Waals surface area contributed by atoms with Gasteiger partial charge in [-0.05, 0) is 19.1 Å². The molecule has 1 aliphatic heterocycles. The highest BCUT2D eigenvalue weighted by molar-refractivity contribution is 5.99. The highest BCUT2D eigenvalue weighted by Crippen LogP contribution is 2.28. The normalized spacial score (nSPS) is 21.2. The number of aromatic hydroxyl groups is 2. The van der Waals surface area contributed by atoms with Crippen LogP contribution >= 0.6 is 0 Å². The number of amides is 1. The average Bonchev–Trinajstić information content (AvgIpc) is 2.38. The van der Waals surface area contributed by atoms with Crippen LogP contribution in [0.2, 0.25) is 0 Å². The van der Waals surface area contributed by atoms with E-state index in [1.54, 1.807) is 0 Å². The molecule has 0 aliphatic carbocycles. The van der Waals surface area contributed by atoms with Gasteiger partial charge in [-0.3, -0.25) is 4.79 Å². The molecular weight excluding hydrogens is 248 g/mol. The number of nitrogens with zero attached hydrogens (tertiary/aromatic N) is 1. The maximum atomic E-state index is 12.3. The van der Waals surface area contributed by atoms with Gasteiger partial charge in [-0.2, -0.15) is 0 Å². The minimum absolute atomic E-state index is 0.0761. The van der Waals surface area contributed by atoms with Crippen LogP contribution in [0.15, 0.2) is 18.2 Å². The van der Waals surface area contributed by atoms with Crippen molar-refractivity contribution in [3.05, 3.63) is 23.8 Å². The summed E-state index contributed by atoms with van der Waals surface area (Å²) < 4.78 is 5.47. The van der Waals surface area contributed by atoms with E-state index in [9.17, 15) is 15.0 Å². The first-order valence-electron chi connectivity index (χ1n) is 6.18. The first kappa shape index (κ1) is 13.6. The SMILES string of the molecule is CC(N)C1CN(C(=O)c2c(O)cccc2O)CCO1. The van der Waals surface area contributed by atoms with Gasteiger partial charge in [0.2, 0.25) is 0 Å². The van der Waals surface area contributed by atoms with Gasteiger partial charge in [0.25, 0.3) is 5.91 Å². The number of carbonyl (C=O) groups excluding carboxylic acids is 1. The number of hydrogen-bond donors (Lipinski definition) is 3. The van der Waals surface area contributed by atoms with Crippen LogP contribution < -0.4 is 5.73 Å². The smallest absolute Gasteiger partial charge is 0.261 e. The highest BCUT2D eigenvalue weighted by Gasteiger charge is 2.29. The summed E-state index contributed by atoms with van der Waals surface area (Å²) in [5, 5.41) is 19.4. The van der Waals surface area contributed by atoms with Crippen LogP contribution in [0.4, 0.5) is 0 Å². The largest absolute Gasteiger partial charge is 0.507 e. The maximum absolute atomic E-state index is 12.3. The van der Waals surface area contributed by atoms with Gasteiger partial charge in [-0.1, -0.05) is 6.07 Å². The summed E-state index contributed by atoms with van der Waals surface area (Å²) in [7, 11) is 0. The average molecular weight is 266 g/mol. The fourth-order valence-corrected chi connectivity index (χ4v) is 2.08. The molecule has 6 heteroatoms. The molecular formula is C13H18N2O4. The Balaban J connectivity index is 2.20. The lowest BCUT2D eigenvalue weighted by atomic mass is 10.1. The quantitative estimate of drug-likeness (QED) is 0.715. The fraction of sp³-hybridized carbons (Fsp3) is 0.462. The van der Waals surface area contributed by atoms with Crippen molar-refractivity contribution in [2.75, 3.05) is 19.7 Å². The Bertz CT molecular complexity index is 455. The van der Waals surface area contributed by atoms with Gasteiger partial charge in [0.05, 0.1) is 12.7 Å². The van der Waals surface area contributed by atoms with Crippen molar-refractivity contribution in [3.63, 3.8) is 0 Å². The van der Waals surface area contributed by atoms with Gasteiger partial charge >= 0.3 is 0 Å². The van der Waals surface area contributed by atoms with Crippen LogP contribution in [0.25, 0.3) is 0 Å². The summed E-state index contributed by atoms with van der Waals surface area (Å²) in [5.41, 5.74) is 5.69. The Hall–Kier alpha value is -1.79. The molecule has 2 unspecified atom stereocenters. The summed E-state index contributed by atoms with van der Waals surface area (Å²) in [6, 6.07) is 4.03. The first-order chi connectivity index (χ1) is 9.00. The number of carbonyl (C=O) groups is 1. The summed E-state index contributed by atoms with van der Waals surface area (Å²) in [6.07, 6.45) is -0.231. The van der Waals surface area contributed by atoms with Crippen molar-refractivity contribution in [1.29, 1.82) is 0 Å². The molecule has 1 aliphatic rings. The second kappa shape index (κ2) is 5.46. The molecule has 0 radical (unpaired) electrons. The van der Waals surface area contributed by atoms with Crippen LogP contribution in [0.1, 0.15) is 17.3 Å². The van der Waals surface area contributed by atoms with Gasteiger partial charge in [-0.25, -0.2) is 0 Å². The van der Waals surface area contributed by atoms with Crippen molar-refractivity contribution in [2.45, 2.75) is 19.1 Å². The van der Waals surface area contributed by atoms with Crippen LogP contribution in [-0.4, -0.2) is 52.9 Å². The van der Waals surface area contributed by atoms with Gasteiger partial charge < -0.3 is 25.6 Å². The van der Waals surface area contributed by atoms with E-state index >= 15 is 0 Å². The second-order valence-corrected chi connectivity index (χ2v) is 4.69. The van der Waals surface area contributed by atoms with E-state index < -0.39 is 5.91 Å². The number of benzene rings is 1. The number of morpholine rings is 1. The van der Waals surface area contributed by atoms with Crippen molar-refractivity contribution in [1.82, 2.24) is 4.90 Å². The molecule has 1 aromatic carbocycles. The summed E-state index contributed by atoms with van der Waals surface area (Å²) in [5.74, 6) is -0.868. The molecule has 4 N–H and O–H groups in total. The first-order valence-corrected chi connectivity index (χ1v) is 6.18. The van der Waals surface area contributed by atoms with Gasteiger partial charge in [0.15, 0.2) is 0 Å². The van der Waals surface area contributed by atoms with E-state index in [2.05, 4.69) is 0 Å². The van der Waals surface area contributed by atoms with Crippen molar-refractivity contribution in [2.24, 2.45) is 5.73 Å². The molecule has 0 aromatic heterocycles. The molecule has 2 rings (SSSR count). The number of phenolic OH excluding ortho intramolecular Hbond substituents is 2. The molecule has 0 bridgehead atoms. The molecule has 1 aromatic rings. The minimum Gasteiger partial charge on any atom is -0.507 e. The number of ether oxygens (including phenoxy) is 1. The van der Waals surface area contributed by atoms with E-state index in [-0.39, 0.29) is 29.2 Å². The molecule has 19 heavy (non-hydrogen) atoms. The topological polar surface area (TPSA) is 96.0 Å². The molecule has 1 amide bonds. The number of hydrogen-bond acceptors (Lipinski definition) is 5. The van der Waals surface area contributed by atoms with Crippen molar-refractivity contribution >= 4 is 5.91 Å². The zero-order valence-corrected chi connectivity index (χ0v) is 10.7. The second-order valence-electron chi connectivity index (χ2n) is 4.69. The maximum Gasteiger partial charge on any atom is 0.261 e. The zero-order valence-electron chi connectivity index (χ0n) is 10.7. The van der Waals surface area contributed by atoms with Crippen LogP contribution in [-0.2, 0) is 4.74 Å². The fourth-order valence-electron chi connectivity index (χ4n) is 2.08. The van der Waals surface area contributed by atoms with Crippen LogP contribution in [0.3, 0.4) is 0 Å². The standard InChI is InChI=1S/C13H18N2O4/c1-8(14)11-7-15(5-6-19-11)13(18)12-9(16)3-2-4-10(12)17/h2-4,8,11,16-17H,5-7,14H2,1H3. The Kier molecular flexibility index (Phi) is 3.92. The van der Waals surface area contributed by atoms with Gasteiger partial charge in [0.1, 0.15) is 17.1 Å². The monoisotopic (exact) mass is 266 g/mol. The molecule has 0 saturated carbocycles. The molecule has 104 valence electrons. The third-order valence-electron chi connectivity index (χ3n) is 3.20. The van der Waals surface area contributed by atoms with Crippen molar-refractivity contribution in [3.8, 4) is 11.5 Å². The third-order valence-corrected chi connectivity index (χ3v) is 3.20. The summed E-state index contributed by atoms with van der Waals surface area (Å²) >= 11 is 0. The number of nitrogens with two attached hydrogens (primary N) is 1. The summed E-state index contributed by atoms with van der Waals surface area (Å²) in [6.45, 7) is 2.97. The predicted molar refractivity (Wildman–Crippen MR) is 69.1 cm³/mol.